The van der Waals surface area contributed by atoms with Gasteiger partial charge in [0, 0.05) is 12.7 Å². The topological polar surface area (TPSA) is 62.2 Å². The standard InChI is InChI=1S/C12H14BrClN2O2/c1-12(18,7-2-3-7)6-16-11(17)10-4-9(14)8(13)5-15-10/h4-5,7,18H,2-3,6H2,1H3,(H,16,17). The van der Waals surface area contributed by atoms with Crippen LogP contribution < -0.4 is 5.32 Å². The van der Waals surface area contributed by atoms with Crippen molar-refractivity contribution < 1.29 is 9.90 Å². The van der Waals surface area contributed by atoms with Gasteiger partial charge in [0.25, 0.3) is 5.91 Å². The maximum atomic E-state index is 11.8. The zero-order valence-electron chi connectivity index (χ0n) is 9.91. The van der Waals surface area contributed by atoms with E-state index in [-0.39, 0.29) is 18.1 Å². The van der Waals surface area contributed by atoms with Gasteiger partial charge >= 0.3 is 0 Å². The highest BCUT2D eigenvalue weighted by molar-refractivity contribution is 9.10. The van der Waals surface area contributed by atoms with Gasteiger partial charge in [-0.25, -0.2) is 4.98 Å². The van der Waals surface area contributed by atoms with Gasteiger partial charge in [0.05, 0.1) is 15.1 Å². The van der Waals surface area contributed by atoms with Crippen LogP contribution in [0.2, 0.25) is 5.02 Å². The second kappa shape index (κ2) is 5.15. The van der Waals surface area contributed by atoms with Crippen molar-refractivity contribution in [1.82, 2.24) is 10.3 Å². The summed E-state index contributed by atoms with van der Waals surface area (Å²) in [5.74, 6) is -0.0374. The molecule has 1 heterocycles. The van der Waals surface area contributed by atoms with E-state index in [1.54, 1.807) is 6.92 Å². The molecule has 1 atom stereocenters. The van der Waals surface area contributed by atoms with Gasteiger partial charge in [-0.1, -0.05) is 11.6 Å². The van der Waals surface area contributed by atoms with Crippen LogP contribution in [0.3, 0.4) is 0 Å². The van der Waals surface area contributed by atoms with Gasteiger partial charge in [-0.2, -0.15) is 0 Å². The van der Waals surface area contributed by atoms with E-state index in [2.05, 4.69) is 26.2 Å². The van der Waals surface area contributed by atoms with Crippen LogP contribution in [0.25, 0.3) is 0 Å². The number of aliphatic hydroxyl groups is 1. The molecule has 0 aromatic carbocycles. The van der Waals surface area contributed by atoms with Gasteiger partial charge in [0.1, 0.15) is 5.69 Å². The molecule has 1 aromatic rings. The summed E-state index contributed by atoms with van der Waals surface area (Å²) in [7, 11) is 0. The zero-order valence-corrected chi connectivity index (χ0v) is 12.3. The third kappa shape index (κ3) is 3.22. The lowest BCUT2D eigenvalue weighted by Gasteiger charge is -2.23. The average molecular weight is 334 g/mol. The number of pyridine rings is 1. The Morgan fingerprint density at radius 2 is 2.39 bits per heavy atom. The quantitative estimate of drug-likeness (QED) is 0.889. The first-order valence-corrected chi connectivity index (χ1v) is 6.89. The Kier molecular flexibility index (Phi) is 3.94. The number of halogens is 2. The number of amides is 1. The summed E-state index contributed by atoms with van der Waals surface area (Å²) in [6.45, 7) is 1.97. The number of hydrogen-bond donors (Lipinski definition) is 2. The zero-order chi connectivity index (χ0) is 13.3. The lowest BCUT2D eigenvalue weighted by atomic mass is 10.0. The number of aromatic nitrogens is 1. The van der Waals surface area contributed by atoms with Crippen LogP contribution in [0.4, 0.5) is 0 Å². The normalized spacial score (nSPS) is 18.2. The molecule has 1 aromatic heterocycles. The van der Waals surface area contributed by atoms with Crippen molar-refractivity contribution in [3.63, 3.8) is 0 Å². The fourth-order valence-corrected chi connectivity index (χ4v) is 2.11. The molecular formula is C12H14BrClN2O2. The van der Waals surface area contributed by atoms with E-state index in [0.717, 1.165) is 12.8 Å². The van der Waals surface area contributed by atoms with E-state index in [1.807, 2.05) is 0 Å². The van der Waals surface area contributed by atoms with Gasteiger partial charge in [-0.3, -0.25) is 4.79 Å². The maximum Gasteiger partial charge on any atom is 0.270 e. The minimum Gasteiger partial charge on any atom is -0.388 e. The molecule has 1 amide bonds. The lowest BCUT2D eigenvalue weighted by Crippen LogP contribution is -2.42. The number of hydrogen-bond acceptors (Lipinski definition) is 3. The molecule has 1 aliphatic carbocycles. The first-order valence-electron chi connectivity index (χ1n) is 5.72. The van der Waals surface area contributed by atoms with Crippen LogP contribution in [0.15, 0.2) is 16.7 Å². The minimum absolute atomic E-state index is 0.228. The van der Waals surface area contributed by atoms with Gasteiger partial charge in [0.2, 0.25) is 0 Å². The summed E-state index contributed by atoms with van der Waals surface area (Å²) in [6.07, 6.45) is 3.52. The number of nitrogens with one attached hydrogen (secondary N) is 1. The van der Waals surface area contributed by atoms with Crippen LogP contribution >= 0.6 is 27.5 Å². The monoisotopic (exact) mass is 332 g/mol. The summed E-state index contributed by atoms with van der Waals surface area (Å²) in [4.78, 5) is 15.8. The molecule has 18 heavy (non-hydrogen) atoms. The predicted molar refractivity (Wildman–Crippen MR) is 72.6 cm³/mol. The molecule has 2 N–H and O–H groups in total. The van der Waals surface area contributed by atoms with E-state index >= 15 is 0 Å². The molecule has 0 spiro atoms. The third-order valence-corrected chi connectivity index (χ3v) is 4.28. The molecule has 0 bridgehead atoms. The van der Waals surface area contributed by atoms with Crippen LogP contribution in [0, 0.1) is 5.92 Å². The van der Waals surface area contributed by atoms with Crippen molar-refractivity contribution in [1.29, 1.82) is 0 Å². The molecule has 2 rings (SSSR count). The van der Waals surface area contributed by atoms with Gasteiger partial charge in [-0.15, -0.1) is 0 Å². The molecule has 1 aliphatic rings. The largest absolute Gasteiger partial charge is 0.388 e. The van der Waals surface area contributed by atoms with Crippen molar-refractivity contribution in [2.45, 2.75) is 25.4 Å². The summed E-state index contributed by atoms with van der Waals surface area (Å²) in [5.41, 5.74) is -0.593. The first kappa shape index (κ1) is 13.8. The summed E-state index contributed by atoms with van der Waals surface area (Å²) < 4.78 is 0.644. The number of nitrogens with zero attached hydrogens (tertiary/aromatic N) is 1. The third-order valence-electron chi connectivity index (χ3n) is 3.10. The predicted octanol–water partition coefficient (Wildman–Crippen LogP) is 2.39. The molecule has 1 fully saturated rings. The summed E-state index contributed by atoms with van der Waals surface area (Å²) in [5, 5.41) is 13.2. The van der Waals surface area contributed by atoms with Crippen LogP contribution in [0.1, 0.15) is 30.3 Å². The highest BCUT2D eigenvalue weighted by Gasteiger charge is 2.40. The van der Waals surface area contributed by atoms with Crippen molar-refractivity contribution in [2.24, 2.45) is 5.92 Å². The molecule has 1 saturated carbocycles. The molecule has 0 aliphatic heterocycles. The lowest BCUT2D eigenvalue weighted by molar-refractivity contribution is 0.0353. The van der Waals surface area contributed by atoms with E-state index in [4.69, 9.17) is 11.6 Å². The molecule has 0 saturated heterocycles. The number of carbonyl (C=O) groups excluding carboxylic acids is 1. The first-order chi connectivity index (χ1) is 8.40. The smallest absolute Gasteiger partial charge is 0.270 e. The van der Waals surface area contributed by atoms with E-state index < -0.39 is 5.60 Å². The van der Waals surface area contributed by atoms with Crippen molar-refractivity contribution in [3.05, 3.63) is 27.5 Å². The number of carbonyl (C=O) groups is 1. The Hall–Kier alpha value is -0.650. The Morgan fingerprint density at radius 1 is 1.72 bits per heavy atom. The molecule has 4 nitrogen and oxygen atoms in total. The molecular weight excluding hydrogens is 320 g/mol. The van der Waals surface area contributed by atoms with Gasteiger partial charge in [-0.05, 0) is 47.7 Å². The molecule has 0 radical (unpaired) electrons. The summed E-state index contributed by atoms with van der Waals surface area (Å²) >= 11 is 9.10. The Morgan fingerprint density at radius 3 is 2.94 bits per heavy atom. The van der Waals surface area contributed by atoms with E-state index in [1.165, 1.54) is 12.3 Å². The second-order valence-electron chi connectivity index (χ2n) is 4.80. The van der Waals surface area contributed by atoms with Crippen molar-refractivity contribution in [2.75, 3.05) is 6.54 Å². The summed E-state index contributed by atoms with van der Waals surface area (Å²) in [6, 6.07) is 1.49. The SMILES string of the molecule is CC(O)(CNC(=O)c1cc(Cl)c(Br)cn1)C1CC1. The van der Waals surface area contributed by atoms with Crippen LogP contribution in [-0.2, 0) is 0 Å². The van der Waals surface area contributed by atoms with Crippen LogP contribution in [-0.4, -0.2) is 28.1 Å². The number of rotatable bonds is 4. The maximum absolute atomic E-state index is 11.8. The van der Waals surface area contributed by atoms with Gasteiger partial charge in [0.15, 0.2) is 0 Å². The van der Waals surface area contributed by atoms with E-state index in [0.29, 0.717) is 15.4 Å². The second-order valence-corrected chi connectivity index (χ2v) is 6.06. The van der Waals surface area contributed by atoms with Crippen molar-refractivity contribution in [3.8, 4) is 0 Å². The Bertz CT molecular complexity index is 475. The highest BCUT2D eigenvalue weighted by Crippen LogP contribution is 2.39. The van der Waals surface area contributed by atoms with Crippen LogP contribution in [0.5, 0.6) is 0 Å². The average Bonchev–Trinajstić information content (AvgIpc) is 3.14. The molecule has 1 unspecified atom stereocenters. The molecule has 6 heteroatoms. The molecule has 98 valence electrons. The fraction of sp³-hybridized carbons (Fsp3) is 0.500. The fourth-order valence-electron chi connectivity index (χ4n) is 1.74. The Balaban J connectivity index is 1.97. The Labute approximate surface area is 119 Å². The van der Waals surface area contributed by atoms with Crippen molar-refractivity contribution >= 4 is 33.4 Å². The highest BCUT2D eigenvalue weighted by atomic mass is 79.9. The van der Waals surface area contributed by atoms with E-state index in [9.17, 15) is 9.90 Å². The van der Waals surface area contributed by atoms with Gasteiger partial charge < -0.3 is 10.4 Å². The minimum atomic E-state index is -0.838.